The van der Waals surface area contributed by atoms with Crippen molar-refractivity contribution in [2.75, 3.05) is 19.4 Å². The van der Waals surface area contributed by atoms with Crippen LogP contribution >= 0.6 is 11.6 Å². The highest BCUT2D eigenvalue weighted by atomic mass is 35.5. The molecule has 0 unspecified atom stereocenters. The van der Waals surface area contributed by atoms with Crippen LogP contribution in [-0.4, -0.2) is 24.9 Å². The first kappa shape index (κ1) is 15.3. The van der Waals surface area contributed by atoms with Gasteiger partial charge in [0.1, 0.15) is 5.82 Å². The number of carbonyl (C=O) groups excluding carboxylic acids is 1. The zero-order valence-corrected chi connectivity index (χ0v) is 12.6. The molecule has 0 aliphatic carbocycles. The Morgan fingerprint density at radius 2 is 1.95 bits per heavy atom. The van der Waals surface area contributed by atoms with Gasteiger partial charge in [0.2, 0.25) is 0 Å². The molecule has 0 radical (unpaired) electrons. The van der Waals surface area contributed by atoms with E-state index in [4.69, 9.17) is 11.6 Å². The molecule has 0 aliphatic heterocycles. The molecule has 0 aliphatic rings. The van der Waals surface area contributed by atoms with Gasteiger partial charge < -0.3 is 10.2 Å². The molecule has 2 aromatic rings. The molecule has 2 rings (SSSR count). The molecule has 5 heteroatoms. The van der Waals surface area contributed by atoms with E-state index in [-0.39, 0.29) is 10.9 Å². The van der Waals surface area contributed by atoms with Crippen molar-refractivity contribution >= 4 is 23.2 Å². The Hall–Kier alpha value is -2.07. The van der Waals surface area contributed by atoms with Gasteiger partial charge in [0.05, 0.1) is 10.6 Å². The van der Waals surface area contributed by atoms with E-state index >= 15 is 0 Å². The van der Waals surface area contributed by atoms with Crippen LogP contribution in [-0.2, 0) is 6.54 Å². The minimum absolute atomic E-state index is 0.0739. The van der Waals surface area contributed by atoms with Gasteiger partial charge in [0.15, 0.2) is 0 Å². The van der Waals surface area contributed by atoms with Crippen LogP contribution in [0.25, 0.3) is 0 Å². The second-order valence-electron chi connectivity index (χ2n) is 4.85. The van der Waals surface area contributed by atoms with Crippen LogP contribution in [0, 0.1) is 5.82 Å². The molecule has 0 atom stereocenters. The number of carbonyl (C=O) groups is 1. The Kier molecular flexibility index (Phi) is 4.81. The Morgan fingerprint density at radius 3 is 2.62 bits per heavy atom. The molecular formula is C16H16ClFN2O. The van der Waals surface area contributed by atoms with Crippen LogP contribution in [0.2, 0.25) is 5.02 Å². The third-order valence-corrected chi connectivity index (χ3v) is 3.32. The molecule has 0 saturated carbocycles. The van der Waals surface area contributed by atoms with Crippen molar-refractivity contribution in [2.24, 2.45) is 0 Å². The number of anilines is 1. The smallest absolute Gasteiger partial charge is 0.255 e. The predicted octanol–water partition coefficient (Wildman–Crippen LogP) is 3.79. The third kappa shape index (κ3) is 3.73. The summed E-state index contributed by atoms with van der Waals surface area (Å²) in [6, 6.07) is 11.8. The zero-order valence-electron chi connectivity index (χ0n) is 11.9. The highest BCUT2D eigenvalue weighted by Gasteiger charge is 2.12. The van der Waals surface area contributed by atoms with Crippen molar-refractivity contribution in [1.29, 1.82) is 0 Å². The van der Waals surface area contributed by atoms with E-state index in [1.54, 1.807) is 32.3 Å². The first-order valence-corrected chi connectivity index (χ1v) is 6.85. The number of hydrogen-bond acceptors (Lipinski definition) is 2. The van der Waals surface area contributed by atoms with Gasteiger partial charge in [-0.3, -0.25) is 4.79 Å². The molecule has 21 heavy (non-hydrogen) atoms. The Morgan fingerprint density at radius 1 is 1.24 bits per heavy atom. The molecule has 1 amide bonds. The molecule has 0 fully saturated rings. The summed E-state index contributed by atoms with van der Waals surface area (Å²) >= 11 is 5.76. The summed E-state index contributed by atoms with van der Waals surface area (Å²) in [5, 5.41) is 3.27. The zero-order chi connectivity index (χ0) is 15.4. The lowest BCUT2D eigenvalue weighted by molar-refractivity contribution is 0.0828. The molecule has 0 saturated heterocycles. The van der Waals surface area contributed by atoms with E-state index in [1.807, 2.05) is 18.2 Å². The fraction of sp³-hybridized carbons (Fsp3) is 0.188. The molecule has 110 valence electrons. The fourth-order valence-electron chi connectivity index (χ4n) is 1.91. The van der Waals surface area contributed by atoms with Gasteiger partial charge in [-0.15, -0.1) is 0 Å². The molecular weight excluding hydrogens is 291 g/mol. The first-order chi connectivity index (χ1) is 9.99. The topological polar surface area (TPSA) is 32.3 Å². The lowest BCUT2D eigenvalue weighted by atomic mass is 10.1. The van der Waals surface area contributed by atoms with E-state index in [1.165, 1.54) is 11.0 Å². The van der Waals surface area contributed by atoms with Gasteiger partial charge in [-0.1, -0.05) is 29.8 Å². The number of amides is 1. The molecule has 1 N–H and O–H groups in total. The Bertz CT molecular complexity index is 658. The summed E-state index contributed by atoms with van der Waals surface area (Å²) in [7, 11) is 3.41. The SMILES string of the molecule is CN(C)C(=O)c1ccccc1NCc1ccc(F)c(Cl)c1. The van der Waals surface area contributed by atoms with Crippen LogP contribution in [0.5, 0.6) is 0 Å². The number of rotatable bonds is 4. The van der Waals surface area contributed by atoms with Gasteiger partial charge in [-0.05, 0) is 29.8 Å². The predicted molar refractivity (Wildman–Crippen MR) is 83.2 cm³/mol. The Labute approximate surface area is 128 Å². The van der Waals surface area contributed by atoms with Gasteiger partial charge in [0.25, 0.3) is 5.91 Å². The molecule has 0 spiro atoms. The van der Waals surface area contributed by atoms with Gasteiger partial charge in [-0.2, -0.15) is 0 Å². The molecule has 0 heterocycles. The summed E-state index contributed by atoms with van der Waals surface area (Å²) in [6.45, 7) is 0.456. The highest BCUT2D eigenvalue weighted by Crippen LogP contribution is 2.20. The summed E-state index contributed by atoms with van der Waals surface area (Å²) in [5.41, 5.74) is 2.17. The van der Waals surface area contributed by atoms with Gasteiger partial charge in [0, 0.05) is 26.3 Å². The van der Waals surface area contributed by atoms with Crippen molar-refractivity contribution in [1.82, 2.24) is 4.90 Å². The standard InChI is InChI=1S/C16H16ClFN2O/c1-20(2)16(21)12-5-3-4-6-15(12)19-10-11-7-8-14(18)13(17)9-11/h3-9,19H,10H2,1-2H3. The maximum Gasteiger partial charge on any atom is 0.255 e. The molecule has 0 aromatic heterocycles. The number of nitrogens with one attached hydrogen (secondary N) is 1. The second kappa shape index (κ2) is 6.59. The monoisotopic (exact) mass is 306 g/mol. The minimum atomic E-state index is -0.441. The van der Waals surface area contributed by atoms with E-state index in [2.05, 4.69) is 5.32 Å². The maximum atomic E-state index is 13.1. The van der Waals surface area contributed by atoms with Crippen LogP contribution in [0.3, 0.4) is 0 Å². The lowest BCUT2D eigenvalue weighted by Crippen LogP contribution is -2.22. The highest BCUT2D eigenvalue weighted by molar-refractivity contribution is 6.30. The van der Waals surface area contributed by atoms with Crippen LogP contribution in [0.4, 0.5) is 10.1 Å². The summed E-state index contributed by atoms with van der Waals surface area (Å²) in [5.74, 6) is -0.515. The van der Waals surface area contributed by atoms with Crippen molar-refractivity contribution < 1.29 is 9.18 Å². The van der Waals surface area contributed by atoms with Crippen LogP contribution in [0.1, 0.15) is 15.9 Å². The van der Waals surface area contributed by atoms with E-state index in [0.717, 1.165) is 11.3 Å². The number of nitrogens with zero attached hydrogens (tertiary/aromatic N) is 1. The number of benzene rings is 2. The molecule has 0 bridgehead atoms. The summed E-state index contributed by atoms with van der Waals surface area (Å²) in [6.07, 6.45) is 0. The van der Waals surface area contributed by atoms with E-state index in [0.29, 0.717) is 12.1 Å². The number of para-hydroxylation sites is 1. The molecule has 3 nitrogen and oxygen atoms in total. The largest absolute Gasteiger partial charge is 0.380 e. The average Bonchev–Trinajstić information content (AvgIpc) is 2.48. The number of halogens is 2. The normalized spacial score (nSPS) is 10.3. The van der Waals surface area contributed by atoms with Crippen molar-refractivity contribution in [3.63, 3.8) is 0 Å². The lowest BCUT2D eigenvalue weighted by Gasteiger charge is -2.15. The van der Waals surface area contributed by atoms with Crippen molar-refractivity contribution in [3.05, 3.63) is 64.4 Å². The summed E-state index contributed by atoms with van der Waals surface area (Å²) in [4.78, 5) is 13.6. The average molecular weight is 307 g/mol. The summed E-state index contributed by atoms with van der Waals surface area (Å²) < 4.78 is 13.1. The van der Waals surface area contributed by atoms with Crippen LogP contribution < -0.4 is 5.32 Å². The fourth-order valence-corrected chi connectivity index (χ4v) is 2.11. The minimum Gasteiger partial charge on any atom is -0.380 e. The third-order valence-electron chi connectivity index (χ3n) is 3.03. The number of hydrogen-bond donors (Lipinski definition) is 1. The quantitative estimate of drug-likeness (QED) is 0.932. The van der Waals surface area contributed by atoms with Gasteiger partial charge in [-0.25, -0.2) is 4.39 Å². The van der Waals surface area contributed by atoms with Crippen LogP contribution in [0.15, 0.2) is 42.5 Å². The van der Waals surface area contributed by atoms with E-state index in [9.17, 15) is 9.18 Å². The molecule has 2 aromatic carbocycles. The van der Waals surface area contributed by atoms with Gasteiger partial charge >= 0.3 is 0 Å². The maximum absolute atomic E-state index is 13.1. The van der Waals surface area contributed by atoms with E-state index < -0.39 is 5.82 Å². The van der Waals surface area contributed by atoms with Crippen molar-refractivity contribution in [3.8, 4) is 0 Å². The Balaban J connectivity index is 2.16. The second-order valence-corrected chi connectivity index (χ2v) is 5.25. The first-order valence-electron chi connectivity index (χ1n) is 6.47. The van der Waals surface area contributed by atoms with Crippen molar-refractivity contribution in [2.45, 2.75) is 6.54 Å².